The summed E-state index contributed by atoms with van der Waals surface area (Å²) in [6, 6.07) is 21.9. The number of fused-ring (bicyclic) bond motifs is 1. The molecular formula is C42H47N3O. The fourth-order valence-corrected chi connectivity index (χ4v) is 7.14. The highest BCUT2D eigenvalue weighted by Crippen LogP contribution is 2.40. The van der Waals surface area contributed by atoms with E-state index in [0.29, 0.717) is 5.92 Å². The molecule has 2 aromatic heterocycles. The quantitative estimate of drug-likeness (QED) is 0.171. The number of imidazole rings is 1. The molecule has 0 saturated carbocycles. The second-order valence-electron chi connectivity index (χ2n) is 13.0. The zero-order valence-electron chi connectivity index (χ0n) is 28.4. The third-order valence-corrected chi connectivity index (χ3v) is 9.27. The lowest BCUT2D eigenvalue weighted by molar-refractivity contribution is 0.507. The molecule has 6 rings (SSSR count). The van der Waals surface area contributed by atoms with Crippen LogP contribution in [-0.4, -0.2) is 9.55 Å². The monoisotopic (exact) mass is 609 g/mol. The second kappa shape index (κ2) is 13.4. The van der Waals surface area contributed by atoms with Gasteiger partial charge in [-0.2, -0.15) is 0 Å². The van der Waals surface area contributed by atoms with E-state index in [1.165, 1.54) is 50.2 Å². The predicted octanol–water partition coefficient (Wildman–Crippen LogP) is 10.7. The summed E-state index contributed by atoms with van der Waals surface area (Å²) >= 11 is 0. The number of rotatable bonds is 10. The van der Waals surface area contributed by atoms with Gasteiger partial charge in [0.05, 0.1) is 5.69 Å². The number of aryl methyl sites for hydroxylation is 5. The zero-order chi connectivity index (χ0) is 32.4. The van der Waals surface area contributed by atoms with Crippen LogP contribution in [0.4, 0.5) is 5.69 Å². The highest BCUT2D eigenvalue weighted by Gasteiger charge is 2.29. The topological polar surface area (TPSA) is 43.0 Å². The first-order valence-electron chi connectivity index (χ1n) is 16.8. The summed E-state index contributed by atoms with van der Waals surface area (Å²) in [4.78, 5) is 5.60. The van der Waals surface area contributed by atoms with E-state index in [2.05, 4.69) is 150 Å². The summed E-state index contributed by atoms with van der Waals surface area (Å²) in [6.45, 7) is 16.4. The number of nitrogens with one attached hydrogen (secondary N) is 1. The van der Waals surface area contributed by atoms with Gasteiger partial charge in [0.15, 0.2) is 0 Å². The van der Waals surface area contributed by atoms with Crippen molar-refractivity contribution in [3.8, 4) is 11.3 Å². The van der Waals surface area contributed by atoms with E-state index in [0.717, 1.165) is 54.4 Å². The summed E-state index contributed by atoms with van der Waals surface area (Å²) < 4.78 is 8.83. The summed E-state index contributed by atoms with van der Waals surface area (Å²) in [7, 11) is 0. The third-order valence-electron chi connectivity index (χ3n) is 9.27. The largest absolute Gasteiger partial charge is 0.461 e. The number of hydrogen-bond donors (Lipinski definition) is 1. The minimum absolute atomic E-state index is 0.168. The molecule has 0 saturated heterocycles. The van der Waals surface area contributed by atoms with Crippen molar-refractivity contribution in [2.24, 2.45) is 0 Å². The lowest BCUT2D eigenvalue weighted by Crippen LogP contribution is -2.22. The fourth-order valence-electron chi connectivity index (χ4n) is 7.14. The van der Waals surface area contributed by atoms with Gasteiger partial charge in [-0.15, -0.1) is 0 Å². The average Bonchev–Trinajstić information content (AvgIpc) is 3.52. The maximum absolute atomic E-state index is 6.46. The van der Waals surface area contributed by atoms with E-state index < -0.39 is 0 Å². The van der Waals surface area contributed by atoms with Gasteiger partial charge in [0.25, 0.3) is 0 Å². The minimum Gasteiger partial charge on any atom is -0.461 e. The van der Waals surface area contributed by atoms with Crippen LogP contribution >= 0.6 is 0 Å². The molecule has 3 aromatic carbocycles. The first kappa shape index (κ1) is 31.4. The van der Waals surface area contributed by atoms with Gasteiger partial charge >= 0.3 is 0 Å². The molecule has 0 radical (unpaired) electrons. The van der Waals surface area contributed by atoms with Crippen molar-refractivity contribution in [1.82, 2.24) is 9.55 Å². The number of para-hydroxylation sites is 1. The molecule has 2 heterocycles. The molecule has 1 aliphatic rings. The summed E-state index contributed by atoms with van der Waals surface area (Å²) in [5.74, 6) is 3.32. The van der Waals surface area contributed by atoms with Crippen LogP contribution < -0.4 is 5.32 Å². The Labute approximate surface area is 274 Å². The molecule has 4 heteroatoms. The molecule has 0 bridgehead atoms. The SMILES string of the molecule is CCc1cccc(C(C)C)c1NC(c1c(C)cc(C)cc1C)c1nc(-c2c(CC)oc3c2CC=CC=C3)cn1Cc1ccccc1. The molecule has 4 nitrogen and oxygen atoms in total. The Morgan fingerprint density at radius 1 is 0.913 bits per heavy atom. The molecule has 0 spiro atoms. The van der Waals surface area contributed by atoms with Crippen molar-refractivity contribution >= 4 is 11.8 Å². The average molecular weight is 610 g/mol. The van der Waals surface area contributed by atoms with Crippen LogP contribution in [0.25, 0.3) is 17.3 Å². The molecule has 46 heavy (non-hydrogen) atoms. The molecule has 236 valence electrons. The highest BCUT2D eigenvalue weighted by atomic mass is 16.3. The van der Waals surface area contributed by atoms with Gasteiger partial charge in [-0.05, 0) is 79.0 Å². The van der Waals surface area contributed by atoms with Crippen molar-refractivity contribution in [2.45, 2.75) is 86.2 Å². The van der Waals surface area contributed by atoms with Crippen molar-refractivity contribution in [1.29, 1.82) is 0 Å². The normalized spacial score (nSPS) is 13.2. The molecule has 1 unspecified atom stereocenters. The van der Waals surface area contributed by atoms with Crippen LogP contribution in [0.5, 0.6) is 0 Å². The maximum Gasteiger partial charge on any atom is 0.137 e. The summed E-state index contributed by atoms with van der Waals surface area (Å²) in [6.07, 6.45) is 13.3. The molecule has 1 atom stereocenters. The van der Waals surface area contributed by atoms with E-state index in [4.69, 9.17) is 9.40 Å². The van der Waals surface area contributed by atoms with Gasteiger partial charge in [-0.1, -0.05) is 112 Å². The summed E-state index contributed by atoms with van der Waals surface area (Å²) in [5.41, 5.74) is 13.5. The van der Waals surface area contributed by atoms with E-state index in [1.807, 2.05) is 0 Å². The molecule has 1 aliphatic carbocycles. The molecule has 0 aliphatic heterocycles. The van der Waals surface area contributed by atoms with Crippen LogP contribution in [0.1, 0.15) is 102 Å². The lowest BCUT2D eigenvalue weighted by atomic mass is 9.91. The molecule has 0 fully saturated rings. The van der Waals surface area contributed by atoms with Gasteiger partial charge < -0.3 is 14.3 Å². The maximum atomic E-state index is 6.46. The van der Waals surface area contributed by atoms with E-state index in [-0.39, 0.29) is 6.04 Å². The predicted molar refractivity (Wildman–Crippen MR) is 193 cm³/mol. The van der Waals surface area contributed by atoms with Crippen molar-refractivity contribution < 1.29 is 4.42 Å². The second-order valence-corrected chi connectivity index (χ2v) is 13.0. The fraction of sp³-hybridized carbons (Fsp3) is 0.310. The Morgan fingerprint density at radius 3 is 2.37 bits per heavy atom. The molecule has 5 aromatic rings. The Hall–Kier alpha value is -4.57. The van der Waals surface area contributed by atoms with Gasteiger partial charge in [-0.25, -0.2) is 4.98 Å². The van der Waals surface area contributed by atoms with Crippen molar-refractivity contribution in [3.63, 3.8) is 0 Å². The number of benzene rings is 3. The van der Waals surface area contributed by atoms with Crippen LogP contribution in [0.3, 0.4) is 0 Å². The molecule has 1 N–H and O–H groups in total. The Balaban J connectivity index is 1.62. The van der Waals surface area contributed by atoms with Crippen LogP contribution in [-0.2, 0) is 25.8 Å². The van der Waals surface area contributed by atoms with Gasteiger partial charge in [0.1, 0.15) is 23.4 Å². The minimum atomic E-state index is -0.168. The van der Waals surface area contributed by atoms with Crippen LogP contribution in [0, 0.1) is 20.8 Å². The van der Waals surface area contributed by atoms with Gasteiger partial charge in [-0.3, -0.25) is 0 Å². The Bertz CT molecular complexity index is 1880. The molecular weight excluding hydrogens is 562 g/mol. The standard InChI is InChI=1S/C42H47N3O/c1-8-32-19-16-21-33(27(3)4)40(32)44-41(38-29(6)23-28(5)24-30(38)7)42-43-35(26-45(42)25-31-17-12-10-13-18-31)39-34-20-14-11-15-22-37(34)46-36(39)9-2/h10-19,21-24,26-27,41,44H,8-9,20,25H2,1-7H3. The van der Waals surface area contributed by atoms with E-state index >= 15 is 0 Å². The Kier molecular flexibility index (Phi) is 9.17. The number of allylic oxidation sites excluding steroid dienone is 3. The zero-order valence-corrected chi connectivity index (χ0v) is 28.4. The highest BCUT2D eigenvalue weighted by molar-refractivity contribution is 5.73. The smallest absolute Gasteiger partial charge is 0.137 e. The van der Waals surface area contributed by atoms with Gasteiger partial charge in [0, 0.05) is 36.0 Å². The van der Waals surface area contributed by atoms with Gasteiger partial charge in [0.2, 0.25) is 0 Å². The Morgan fingerprint density at radius 2 is 1.67 bits per heavy atom. The number of anilines is 1. The van der Waals surface area contributed by atoms with E-state index in [1.54, 1.807) is 0 Å². The number of aromatic nitrogens is 2. The first-order chi connectivity index (χ1) is 22.3. The lowest BCUT2D eigenvalue weighted by Gasteiger charge is -2.28. The third kappa shape index (κ3) is 6.13. The van der Waals surface area contributed by atoms with Crippen molar-refractivity contribution in [2.75, 3.05) is 5.32 Å². The number of hydrogen-bond acceptors (Lipinski definition) is 3. The summed E-state index contributed by atoms with van der Waals surface area (Å²) in [5, 5.41) is 4.14. The van der Waals surface area contributed by atoms with E-state index in [9.17, 15) is 0 Å². The first-order valence-corrected chi connectivity index (χ1v) is 16.8. The number of nitrogens with zero attached hydrogens (tertiary/aromatic N) is 2. The molecule has 0 amide bonds. The van der Waals surface area contributed by atoms with Crippen LogP contribution in [0.2, 0.25) is 0 Å². The number of furan rings is 1. The van der Waals surface area contributed by atoms with Crippen LogP contribution in [0.15, 0.2) is 89.5 Å². The van der Waals surface area contributed by atoms with Crippen molar-refractivity contribution in [3.05, 3.63) is 147 Å².